The highest BCUT2D eigenvalue weighted by Gasteiger charge is 2.24. The SMILES string of the molecule is CCCCc1c(-c2cccc(O)c2)c(C(N)=O)c(C)n1CCc1cccs1. The number of rotatable bonds is 8. The van der Waals surface area contributed by atoms with Crippen molar-refractivity contribution in [1.82, 2.24) is 4.57 Å². The average molecular weight is 383 g/mol. The second-order valence-electron chi connectivity index (χ2n) is 6.78. The number of primary amides is 1. The van der Waals surface area contributed by atoms with E-state index in [1.165, 1.54) is 4.88 Å². The summed E-state index contributed by atoms with van der Waals surface area (Å²) in [6.07, 6.45) is 3.90. The van der Waals surface area contributed by atoms with Gasteiger partial charge >= 0.3 is 0 Å². The van der Waals surface area contributed by atoms with Crippen LogP contribution in [0.3, 0.4) is 0 Å². The van der Waals surface area contributed by atoms with E-state index in [0.29, 0.717) is 5.56 Å². The molecule has 4 nitrogen and oxygen atoms in total. The van der Waals surface area contributed by atoms with Crippen LogP contribution in [0.1, 0.15) is 46.4 Å². The van der Waals surface area contributed by atoms with Gasteiger partial charge in [0.05, 0.1) is 5.56 Å². The zero-order valence-corrected chi connectivity index (χ0v) is 16.7. The van der Waals surface area contributed by atoms with Gasteiger partial charge in [0.15, 0.2) is 0 Å². The molecule has 2 aromatic heterocycles. The topological polar surface area (TPSA) is 68.2 Å². The van der Waals surface area contributed by atoms with E-state index in [0.717, 1.165) is 54.7 Å². The number of nitrogens with two attached hydrogens (primary N) is 1. The number of thiophene rings is 1. The van der Waals surface area contributed by atoms with Crippen molar-refractivity contribution in [2.24, 2.45) is 5.73 Å². The lowest BCUT2D eigenvalue weighted by Crippen LogP contribution is -2.13. The summed E-state index contributed by atoms with van der Waals surface area (Å²) in [5, 5.41) is 12.0. The van der Waals surface area contributed by atoms with E-state index in [1.807, 2.05) is 13.0 Å². The number of benzene rings is 1. The molecule has 1 aromatic carbocycles. The fourth-order valence-corrected chi connectivity index (χ4v) is 4.35. The molecule has 0 saturated carbocycles. The van der Waals surface area contributed by atoms with Crippen LogP contribution in [0.5, 0.6) is 5.75 Å². The van der Waals surface area contributed by atoms with Crippen molar-refractivity contribution in [1.29, 1.82) is 0 Å². The molecule has 1 amide bonds. The third-order valence-corrected chi connectivity index (χ3v) is 5.88. The molecule has 0 bridgehead atoms. The molecule has 27 heavy (non-hydrogen) atoms. The van der Waals surface area contributed by atoms with E-state index in [9.17, 15) is 9.90 Å². The number of hydrogen-bond acceptors (Lipinski definition) is 3. The molecular weight excluding hydrogens is 356 g/mol. The Balaban J connectivity index is 2.13. The molecule has 0 spiro atoms. The second kappa shape index (κ2) is 8.44. The first-order valence-electron chi connectivity index (χ1n) is 9.36. The van der Waals surface area contributed by atoms with Crippen LogP contribution in [0.2, 0.25) is 0 Å². The fourth-order valence-electron chi connectivity index (χ4n) is 3.66. The van der Waals surface area contributed by atoms with Crippen LogP contribution in [-0.4, -0.2) is 15.6 Å². The van der Waals surface area contributed by atoms with Crippen molar-refractivity contribution in [2.75, 3.05) is 0 Å². The molecule has 0 fully saturated rings. The molecule has 142 valence electrons. The van der Waals surface area contributed by atoms with Gasteiger partial charge in [-0.25, -0.2) is 0 Å². The summed E-state index contributed by atoms with van der Waals surface area (Å²) in [4.78, 5) is 13.6. The second-order valence-corrected chi connectivity index (χ2v) is 7.81. The number of amides is 1. The third kappa shape index (κ3) is 4.08. The van der Waals surface area contributed by atoms with Crippen LogP contribution in [0.15, 0.2) is 41.8 Å². The van der Waals surface area contributed by atoms with Crippen LogP contribution < -0.4 is 5.73 Å². The van der Waals surface area contributed by atoms with Gasteiger partial charge in [-0.1, -0.05) is 31.5 Å². The Morgan fingerprint density at radius 2 is 2.04 bits per heavy atom. The number of carbonyl (C=O) groups excluding carboxylic acids is 1. The minimum Gasteiger partial charge on any atom is -0.508 e. The summed E-state index contributed by atoms with van der Waals surface area (Å²) in [5.41, 5.74) is 10.1. The number of phenols is 1. The number of hydrogen-bond donors (Lipinski definition) is 2. The smallest absolute Gasteiger partial charge is 0.251 e. The van der Waals surface area contributed by atoms with Crippen LogP contribution in [0.25, 0.3) is 11.1 Å². The Labute approximate surface area is 164 Å². The van der Waals surface area contributed by atoms with E-state index in [4.69, 9.17) is 5.73 Å². The highest BCUT2D eigenvalue weighted by molar-refractivity contribution is 7.09. The Bertz CT molecular complexity index is 926. The van der Waals surface area contributed by atoms with Crippen LogP contribution in [0, 0.1) is 6.92 Å². The van der Waals surface area contributed by atoms with Gasteiger partial charge in [-0.05, 0) is 55.3 Å². The van der Waals surface area contributed by atoms with Gasteiger partial charge in [-0.2, -0.15) is 0 Å². The number of aromatic hydroxyl groups is 1. The average Bonchev–Trinajstić information content (AvgIpc) is 3.24. The minimum atomic E-state index is -0.418. The lowest BCUT2D eigenvalue weighted by molar-refractivity contribution is 0.1000. The number of aryl methyl sites for hydroxylation is 1. The van der Waals surface area contributed by atoms with Gasteiger partial charge in [-0.15, -0.1) is 11.3 Å². The summed E-state index contributed by atoms with van der Waals surface area (Å²) in [6, 6.07) is 11.3. The summed E-state index contributed by atoms with van der Waals surface area (Å²) in [5.74, 6) is -0.230. The Morgan fingerprint density at radius 3 is 2.67 bits per heavy atom. The van der Waals surface area contributed by atoms with Gasteiger partial charge < -0.3 is 15.4 Å². The normalized spacial score (nSPS) is 11.0. The quantitative estimate of drug-likeness (QED) is 0.581. The van der Waals surface area contributed by atoms with E-state index in [1.54, 1.807) is 29.5 Å². The maximum absolute atomic E-state index is 12.3. The number of nitrogens with zero attached hydrogens (tertiary/aromatic N) is 1. The first-order chi connectivity index (χ1) is 13.0. The summed E-state index contributed by atoms with van der Waals surface area (Å²) >= 11 is 1.75. The monoisotopic (exact) mass is 382 g/mol. The number of unbranched alkanes of at least 4 members (excludes halogenated alkanes) is 1. The molecule has 3 rings (SSSR count). The Hall–Kier alpha value is -2.53. The van der Waals surface area contributed by atoms with Gasteiger partial charge in [0, 0.05) is 28.4 Å². The molecule has 2 heterocycles. The van der Waals surface area contributed by atoms with Gasteiger partial charge in [0.1, 0.15) is 5.75 Å². The van der Waals surface area contributed by atoms with E-state index in [2.05, 4.69) is 29.0 Å². The van der Waals surface area contributed by atoms with Crippen LogP contribution >= 0.6 is 11.3 Å². The zero-order chi connectivity index (χ0) is 19.4. The first kappa shape index (κ1) is 19.2. The van der Waals surface area contributed by atoms with Crippen molar-refractivity contribution in [3.63, 3.8) is 0 Å². The largest absolute Gasteiger partial charge is 0.508 e. The molecule has 5 heteroatoms. The first-order valence-corrected chi connectivity index (χ1v) is 10.2. The number of phenolic OH excluding ortho intramolecular Hbond substituents is 1. The van der Waals surface area contributed by atoms with Crippen molar-refractivity contribution < 1.29 is 9.90 Å². The predicted molar refractivity (Wildman–Crippen MR) is 111 cm³/mol. The van der Waals surface area contributed by atoms with Crippen LogP contribution in [0.4, 0.5) is 0 Å². The third-order valence-electron chi connectivity index (χ3n) is 4.94. The lowest BCUT2D eigenvalue weighted by atomic mass is 9.97. The highest BCUT2D eigenvalue weighted by Crippen LogP contribution is 2.35. The van der Waals surface area contributed by atoms with Crippen LogP contribution in [-0.2, 0) is 19.4 Å². The molecule has 0 atom stereocenters. The lowest BCUT2D eigenvalue weighted by Gasteiger charge is -2.13. The highest BCUT2D eigenvalue weighted by atomic mass is 32.1. The fraction of sp³-hybridized carbons (Fsp3) is 0.318. The maximum Gasteiger partial charge on any atom is 0.251 e. The Kier molecular flexibility index (Phi) is 6.01. The predicted octanol–water partition coefficient (Wildman–Crippen LogP) is 4.91. The molecule has 0 aliphatic carbocycles. The molecule has 0 unspecified atom stereocenters. The summed E-state index contributed by atoms with van der Waals surface area (Å²) < 4.78 is 2.24. The number of aromatic nitrogens is 1. The van der Waals surface area contributed by atoms with E-state index < -0.39 is 5.91 Å². The summed E-state index contributed by atoms with van der Waals surface area (Å²) in [7, 11) is 0. The van der Waals surface area contributed by atoms with Crippen molar-refractivity contribution in [3.8, 4) is 16.9 Å². The molecule has 0 aliphatic rings. The van der Waals surface area contributed by atoms with Crippen molar-refractivity contribution >= 4 is 17.2 Å². The number of carbonyl (C=O) groups is 1. The maximum atomic E-state index is 12.3. The minimum absolute atomic E-state index is 0.188. The molecule has 0 radical (unpaired) electrons. The Morgan fingerprint density at radius 1 is 1.22 bits per heavy atom. The van der Waals surface area contributed by atoms with E-state index in [-0.39, 0.29) is 5.75 Å². The molecule has 0 saturated heterocycles. The molecular formula is C22H26N2O2S. The van der Waals surface area contributed by atoms with Gasteiger partial charge in [0.25, 0.3) is 5.91 Å². The van der Waals surface area contributed by atoms with Gasteiger partial charge in [-0.3, -0.25) is 4.79 Å². The van der Waals surface area contributed by atoms with Gasteiger partial charge in [0.2, 0.25) is 0 Å². The zero-order valence-electron chi connectivity index (χ0n) is 15.9. The standard InChI is InChI=1S/C22H26N2O2S/c1-3-4-10-19-21(16-7-5-8-17(25)14-16)20(22(23)26)15(2)24(19)12-11-18-9-6-13-27-18/h5-9,13-14,25H,3-4,10-12H2,1-2H3,(H2,23,26). The molecule has 3 aromatic rings. The molecule has 3 N–H and O–H groups in total. The van der Waals surface area contributed by atoms with E-state index >= 15 is 0 Å². The van der Waals surface area contributed by atoms with Crippen molar-refractivity contribution in [2.45, 2.75) is 46.1 Å². The van der Waals surface area contributed by atoms with Crippen molar-refractivity contribution in [3.05, 3.63) is 63.6 Å². The molecule has 0 aliphatic heterocycles. The summed E-state index contributed by atoms with van der Waals surface area (Å²) in [6.45, 7) is 4.94.